The quantitative estimate of drug-likeness (QED) is 0.546. The molecule has 0 spiro atoms. The van der Waals surface area contributed by atoms with E-state index in [1.165, 1.54) is 12.7 Å². The van der Waals surface area contributed by atoms with E-state index in [4.69, 9.17) is 14.2 Å². The molecule has 2 atom stereocenters. The van der Waals surface area contributed by atoms with Crippen LogP contribution >= 0.6 is 0 Å². The molecule has 1 aliphatic heterocycles. The maximum absolute atomic E-state index is 12.6. The summed E-state index contributed by atoms with van der Waals surface area (Å²) in [5.74, 6) is 0.935. The molecule has 1 amide bonds. The van der Waals surface area contributed by atoms with Gasteiger partial charge in [0.05, 0.1) is 32.4 Å². The number of likely N-dealkylation sites (tertiary alicyclic amines) is 1. The number of amides is 1. The second-order valence-electron chi connectivity index (χ2n) is 9.77. The average molecular weight is 457 g/mol. The van der Waals surface area contributed by atoms with Crippen LogP contribution in [0.25, 0.3) is 10.9 Å². The Labute approximate surface area is 196 Å². The highest BCUT2D eigenvalue weighted by molar-refractivity contribution is 5.83. The molecule has 0 bridgehead atoms. The molecular formula is C26H36N2O5. The minimum absolute atomic E-state index is 0.0630. The van der Waals surface area contributed by atoms with Gasteiger partial charge in [-0.3, -0.25) is 9.78 Å². The van der Waals surface area contributed by atoms with E-state index in [-0.39, 0.29) is 18.0 Å². The van der Waals surface area contributed by atoms with Gasteiger partial charge in [-0.25, -0.2) is 4.79 Å². The second-order valence-corrected chi connectivity index (χ2v) is 9.77. The second kappa shape index (κ2) is 10.9. The average Bonchev–Trinajstić information content (AvgIpc) is 2.78. The molecule has 7 heteroatoms. The summed E-state index contributed by atoms with van der Waals surface area (Å²) in [5, 5.41) is 1.11. The van der Waals surface area contributed by atoms with Crippen LogP contribution in [-0.2, 0) is 20.7 Å². The van der Waals surface area contributed by atoms with Crippen molar-refractivity contribution in [1.29, 1.82) is 0 Å². The number of esters is 1. The molecule has 1 saturated heterocycles. The lowest BCUT2D eigenvalue weighted by Gasteiger charge is -2.39. The molecule has 2 heterocycles. The summed E-state index contributed by atoms with van der Waals surface area (Å²) in [7, 11) is 3.06. The van der Waals surface area contributed by atoms with Gasteiger partial charge in [0.25, 0.3) is 0 Å². The Morgan fingerprint density at radius 2 is 1.97 bits per heavy atom. The summed E-state index contributed by atoms with van der Waals surface area (Å²) in [6.45, 7) is 6.75. The van der Waals surface area contributed by atoms with Gasteiger partial charge in [-0.05, 0) is 76.0 Å². The van der Waals surface area contributed by atoms with Gasteiger partial charge in [0.1, 0.15) is 11.4 Å². The lowest BCUT2D eigenvalue weighted by molar-refractivity contribution is -0.142. The third-order valence-corrected chi connectivity index (χ3v) is 6.25. The van der Waals surface area contributed by atoms with Gasteiger partial charge in [-0.1, -0.05) is 12.1 Å². The third-order valence-electron chi connectivity index (χ3n) is 6.25. The molecule has 1 aromatic carbocycles. The maximum atomic E-state index is 12.6. The van der Waals surface area contributed by atoms with Crippen molar-refractivity contribution in [2.75, 3.05) is 27.3 Å². The Hall–Kier alpha value is -2.83. The van der Waals surface area contributed by atoms with Crippen LogP contribution in [0.3, 0.4) is 0 Å². The van der Waals surface area contributed by atoms with Gasteiger partial charge in [-0.2, -0.15) is 0 Å². The summed E-state index contributed by atoms with van der Waals surface area (Å²) in [4.78, 5) is 30.8. The number of nitrogens with zero attached hydrogens (tertiary/aromatic N) is 2. The zero-order chi connectivity index (χ0) is 24.0. The molecule has 7 nitrogen and oxygen atoms in total. The number of benzene rings is 1. The fourth-order valence-electron chi connectivity index (χ4n) is 4.56. The first-order chi connectivity index (χ1) is 15.7. The number of aromatic nitrogens is 1. The van der Waals surface area contributed by atoms with Crippen LogP contribution in [0.15, 0.2) is 30.5 Å². The van der Waals surface area contributed by atoms with Gasteiger partial charge in [0.2, 0.25) is 0 Å². The van der Waals surface area contributed by atoms with Crippen LogP contribution in [0.4, 0.5) is 4.79 Å². The van der Waals surface area contributed by atoms with Crippen molar-refractivity contribution in [3.05, 3.63) is 36.0 Å². The highest BCUT2D eigenvalue weighted by atomic mass is 16.6. The molecule has 1 aliphatic rings. The normalized spacial score (nSPS) is 18.8. The van der Waals surface area contributed by atoms with E-state index in [0.29, 0.717) is 25.4 Å². The lowest BCUT2D eigenvalue weighted by Crippen LogP contribution is -2.46. The highest BCUT2D eigenvalue weighted by Crippen LogP contribution is 2.32. The fraction of sp³-hybridized carbons (Fsp3) is 0.577. The Morgan fingerprint density at radius 3 is 2.67 bits per heavy atom. The van der Waals surface area contributed by atoms with Crippen LogP contribution in [0.5, 0.6) is 5.75 Å². The number of piperidine rings is 1. The predicted octanol–water partition coefficient (Wildman–Crippen LogP) is 5.00. The van der Waals surface area contributed by atoms with Crippen molar-refractivity contribution in [1.82, 2.24) is 9.88 Å². The molecule has 1 fully saturated rings. The Balaban J connectivity index is 1.65. The number of ether oxygens (including phenoxy) is 3. The van der Waals surface area contributed by atoms with E-state index < -0.39 is 5.60 Å². The summed E-state index contributed by atoms with van der Waals surface area (Å²) in [6, 6.07) is 8.23. The Bertz CT molecular complexity index is 969. The molecule has 3 rings (SSSR count). The summed E-state index contributed by atoms with van der Waals surface area (Å²) < 4.78 is 15.8. The van der Waals surface area contributed by atoms with Crippen molar-refractivity contribution < 1.29 is 23.8 Å². The van der Waals surface area contributed by atoms with Gasteiger partial charge in [0.15, 0.2) is 0 Å². The van der Waals surface area contributed by atoms with E-state index >= 15 is 0 Å². The third kappa shape index (κ3) is 6.83. The molecule has 0 N–H and O–H groups in total. The smallest absolute Gasteiger partial charge is 0.410 e. The molecule has 33 heavy (non-hydrogen) atoms. The van der Waals surface area contributed by atoms with Crippen molar-refractivity contribution in [2.45, 2.75) is 58.5 Å². The van der Waals surface area contributed by atoms with Gasteiger partial charge >= 0.3 is 12.1 Å². The first kappa shape index (κ1) is 24.8. The zero-order valence-electron chi connectivity index (χ0n) is 20.4. The first-order valence-electron chi connectivity index (χ1n) is 11.7. The highest BCUT2D eigenvalue weighted by Gasteiger charge is 2.34. The molecule has 180 valence electrons. The summed E-state index contributed by atoms with van der Waals surface area (Å²) in [6.07, 6.45) is 5.49. The summed E-state index contributed by atoms with van der Waals surface area (Å²) in [5.41, 5.74) is 1.67. The van der Waals surface area contributed by atoms with Crippen molar-refractivity contribution in [3.8, 4) is 5.75 Å². The number of pyridine rings is 1. The number of hydrogen-bond acceptors (Lipinski definition) is 6. The topological polar surface area (TPSA) is 78.0 Å². The number of fused-ring (bicyclic) bond motifs is 1. The largest absolute Gasteiger partial charge is 0.495 e. The van der Waals surface area contributed by atoms with E-state index in [1.54, 1.807) is 18.2 Å². The van der Waals surface area contributed by atoms with Crippen LogP contribution in [-0.4, -0.2) is 54.9 Å². The maximum Gasteiger partial charge on any atom is 0.410 e. The van der Waals surface area contributed by atoms with Gasteiger partial charge < -0.3 is 19.1 Å². The predicted molar refractivity (Wildman–Crippen MR) is 127 cm³/mol. The molecule has 0 radical (unpaired) electrons. The Kier molecular flexibility index (Phi) is 8.16. The van der Waals surface area contributed by atoms with E-state index in [0.717, 1.165) is 42.3 Å². The summed E-state index contributed by atoms with van der Waals surface area (Å²) >= 11 is 0. The van der Waals surface area contributed by atoms with E-state index in [1.807, 2.05) is 39.0 Å². The van der Waals surface area contributed by atoms with Crippen molar-refractivity contribution >= 4 is 23.0 Å². The fourth-order valence-corrected chi connectivity index (χ4v) is 4.56. The number of rotatable bonds is 7. The lowest BCUT2D eigenvalue weighted by atomic mass is 9.80. The molecule has 1 aromatic heterocycles. The van der Waals surface area contributed by atoms with Crippen molar-refractivity contribution in [3.63, 3.8) is 0 Å². The van der Waals surface area contributed by atoms with Crippen molar-refractivity contribution in [2.24, 2.45) is 11.8 Å². The number of hydrogen-bond donors (Lipinski definition) is 0. The van der Waals surface area contributed by atoms with Crippen LogP contribution in [0.1, 0.15) is 52.0 Å². The van der Waals surface area contributed by atoms with Crippen LogP contribution in [0, 0.1) is 11.8 Å². The Morgan fingerprint density at radius 1 is 1.18 bits per heavy atom. The van der Waals surface area contributed by atoms with Crippen LogP contribution in [0.2, 0.25) is 0 Å². The molecular weight excluding hydrogens is 420 g/mol. The first-order valence-corrected chi connectivity index (χ1v) is 11.7. The molecule has 0 aliphatic carbocycles. The number of methoxy groups -OCH3 is 2. The SMILES string of the molecule is COC(=O)C[C@H]1CN(C(=O)OC(C)(C)C)CC[C@H]1CCCc1cccc2ncc(OC)cc12. The van der Waals surface area contributed by atoms with E-state index in [9.17, 15) is 9.59 Å². The molecule has 0 saturated carbocycles. The molecule has 2 aromatic rings. The minimum Gasteiger partial charge on any atom is -0.495 e. The monoisotopic (exact) mass is 456 g/mol. The van der Waals surface area contributed by atoms with Gasteiger partial charge in [0, 0.05) is 18.5 Å². The standard InChI is InChI=1S/C26H36N2O5/c1-26(2,3)33-25(30)28-13-12-18(20(17-28)14-24(29)32-5)8-6-9-19-10-7-11-23-22(19)15-21(31-4)16-27-23/h7,10-11,15-16,18,20H,6,8-9,12-14,17H2,1-5H3/t18-,20+/m1/s1. The van der Waals surface area contributed by atoms with E-state index in [2.05, 4.69) is 11.1 Å². The molecule has 0 unspecified atom stereocenters. The number of aryl methyl sites for hydroxylation is 1. The van der Waals surface area contributed by atoms with Gasteiger partial charge in [-0.15, -0.1) is 0 Å². The zero-order valence-corrected chi connectivity index (χ0v) is 20.4. The van der Waals surface area contributed by atoms with Crippen LogP contribution < -0.4 is 4.74 Å². The minimum atomic E-state index is -0.540. The number of carbonyl (C=O) groups is 2. The number of carbonyl (C=O) groups excluding carboxylic acids is 2.